The highest BCUT2D eigenvalue weighted by Gasteiger charge is 2.24. The molecule has 1 saturated heterocycles. The van der Waals surface area contributed by atoms with E-state index in [9.17, 15) is 4.79 Å². The number of nitrogens with zero attached hydrogens (tertiary/aromatic N) is 1. The largest absolute Gasteiger partial charge is 0.491 e. The van der Waals surface area contributed by atoms with E-state index in [1.54, 1.807) is 11.3 Å². The van der Waals surface area contributed by atoms with Gasteiger partial charge in [-0.3, -0.25) is 4.79 Å². The summed E-state index contributed by atoms with van der Waals surface area (Å²) >= 11 is 1.61. The van der Waals surface area contributed by atoms with Crippen LogP contribution in [0, 0.1) is 12.3 Å². The smallest absolute Gasteiger partial charge is 0.227 e. The Morgan fingerprint density at radius 1 is 1.46 bits per heavy atom. The van der Waals surface area contributed by atoms with Crippen molar-refractivity contribution in [3.8, 4) is 18.1 Å². The molecule has 2 aromatic rings. The Hall–Kier alpha value is -2.29. The third-order valence-corrected chi connectivity index (χ3v) is 4.60. The molecule has 3 rings (SSSR count). The van der Waals surface area contributed by atoms with Crippen LogP contribution in [0.1, 0.15) is 11.1 Å². The highest BCUT2D eigenvalue weighted by Crippen LogP contribution is 2.15. The minimum absolute atomic E-state index is 0.125. The van der Waals surface area contributed by atoms with Gasteiger partial charge in [0.15, 0.2) is 0 Å². The van der Waals surface area contributed by atoms with Gasteiger partial charge in [-0.05, 0) is 40.6 Å². The quantitative estimate of drug-likeness (QED) is 0.785. The molecule has 24 heavy (non-hydrogen) atoms. The summed E-state index contributed by atoms with van der Waals surface area (Å²) in [6, 6.07) is 9.39. The molecule has 4 nitrogen and oxygen atoms in total. The number of thiophene rings is 1. The van der Waals surface area contributed by atoms with E-state index in [0.717, 1.165) is 16.9 Å². The summed E-state index contributed by atoms with van der Waals surface area (Å²) in [6.45, 7) is 2.12. The monoisotopic (exact) mass is 341 g/mol. The minimum Gasteiger partial charge on any atom is -0.491 e. The molecule has 1 aliphatic heterocycles. The number of hydrogen-bond donors (Lipinski definition) is 0. The molecule has 0 spiro atoms. The lowest BCUT2D eigenvalue weighted by atomic mass is 10.2. The van der Waals surface area contributed by atoms with E-state index in [-0.39, 0.29) is 12.0 Å². The maximum atomic E-state index is 12.4. The second-order valence-electron chi connectivity index (χ2n) is 5.62. The van der Waals surface area contributed by atoms with Crippen molar-refractivity contribution in [3.63, 3.8) is 0 Å². The third kappa shape index (κ3) is 4.38. The van der Waals surface area contributed by atoms with E-state index in [1.807, 2.05) is 46.0 Å². The van der Waals surface area contributed by atoms with Gasteiger partial charge < -0.3 is 14.4 Å². The van der Waals surface area contributed by atoms with E-state index in [2.05, 4.69) is 5.92 Å². The lowest BCUT2D eigenvalue weighted by Crippen LogP contribution is -2.48. The summed E-state index contributed by atoms with van der Waals surface area (Å²) in [6.07, 6.45) is 5.71. The Bertz CT molecular complexity index is 720. The molecule has 1 amide bonds. The molecule has 0 N–H and O–H groups in total. The molecule has 1 unspecified atom stereocenters. The second-order valence-corrected chi connectivity index (χ2v) is 6.40. The van der Waals surface area contributed by atoms with Crippen molar-refractivity contribution in [1.29, 1.82) is 0 Å². The Balaban J connectivity index is 1.51. The van der Waals surface area contributed by atoms with E-state index in [4.69, 9.17) is 15.9 Å². The van der Waals surface area contributed by atoms with Crippen LogP contribution in [0.25, 0.3) is 0 Å². The molecule has 0 aliphatic carbocycles. The van der Waals surface area contributed by atoms with Crippen molar-refractivity contribution in [3.05, 3.63) is 52.2 Å². The van der Waals surface area contributed by atoms with Crippen LogP contribution in [0.2, 0.25) is 0 Å². The van der Waals surface area contributed by atoms with Gasteiger partial charge in [-0.1, -0.05) is 12.0 Å². The zero-order valence-electron chi connectivity index (χ0n) is 13.3. The van der Waals surface area contributed by atoms with Crippen molar-refractivity contribution < 1.29 is 14.3 Å². The Morgan fingerprint density at radius 2 is 2.38 bits per heavy atom. The van der Waals surface area contributed by atoms with E-state index < -0.39 is 0 Å². The molecule has 0 saturated carbocycles. The van der Waals surface area contributed by atoms with Crippen molar-refractivity contribution >= 4 is 17.2 Å². The molecule has 0 radical (unpaired) electrons. The van der Waals surface area contributed by atoms with Gasteiger partial charge in [0.2, 0.25) is 5.91 Å². The average molecular weight is 341 g/mol. The minimum atomic E-state index is -0.125. The Labute approximate surface area is 146 Å². The maximum absolute atomic E-state index is 12.4. The number of carbonyl (C=O) groups is 1. The zero-order chi connectivity index (χ0) is 16.8. The van der Waals surface area contributed by atoms with Crippen LogP contribution in [-0.4, -0.2) is 43.2 Å². The molecule has 2 heterocycles. The lowest BCUT2D eigenvalue weighted by molar-refractivity contribution is -0.139. The zero-order valence-corrected chi connectivity index (χ0v) is 14.1. The van der Waals surface area contributed by atoms with Crippen LogP contribution in [0.5, 0.6) is 5.75 Å². The number of morpholine rings is 1. The number of benzene rings is 1. The van der Waals surface area contributed by atoms with Gasteiger partial charge in [-0.15, -0.1) is 6.42 Å². The third-order valence-electron chi connectivity index (χ3n) is 3.86. The van der Waals surface area contributed by atoms with Crippen LogP contribution in [-0.2, 0) is 16.0 Å². The molecular formula is C19H19NO3S. The summed E-state index contributed by atoms with van der Waals surface area (Å²) in [4.78, 5) is 14.2. The SMILES string of the molecule is C#Cc1cccc(OCC2CN(C(=O)Cc3ccsc3)CCO2)c1. The van der Waals surface area contributed by atoms with E-state index in [0.29, 0.717) is 32.7 Å². The second kappa shape index (κ2) is 8.00. The summed E-state index contributed by atoms with van der Waals surface area (Å²) in [5.41, 5.74) is 1.85. The predicted molar refractivity (Wildman–Crippen MR) is 94.2 cm³/mol. The topological polar surface area (TPSA) is 38.8 Å². The van der Waals surface area contributed by atoms with Gasteiger partial charge in [-0.2, -0.15) is 11.3 Å². The fraction of sp³-hybridized carbons (Fsp3) is 0.316. The summed E-state index contributed by atoms with van der Waals surface area (Å²) in [7, 11) is 0. The van der Waals surface area contributed by atoms with E-state index >= 15 is 0 Å². The molecule has 124 valence electrons. The van der Waals surface area contributed by atoms with Crippen molar-refractivity contribution in [2.45, 2.75) is 12.5 Å². The van der Waals surface area contributed by atoms with Crippen molar-refractivity contribution in [2.24, 2.45) is 0 Å². The number of amides is 1. The normalized spacial score (nSPS) is 17.3. The standard InChI is InChI=1S/C19H19NO3S/c1-2-15-4-3-5-17(10-15)23-13-18-12-20(7-8-22-18)19(21)11-16-6-9-24-14-16/h1,3-6,9-10,14,18H,7-8,11-13H2. The van der Waals surface area contributed by atoms with Gasteiger partial charge in [0.1, 0.15) is 18.5 Å². The maximum Gasteiger partial charge on any atom is 0.227 e. The lowest BCUT2D eigenvalue weighted by Gasteiger charge is -2.32. The highest BCUT2D eigenvalue weighted by molar-refractivity contribution is 7.08. The molecular weight excluding hydrogens is 322 g/mol. The number of carbonyl (C=O) groups excluding carboxylic acids is 1. The van der Waals surface area contributed by atoms with Crippen LogP contribution in [0.4, 0.5) is 0 Å². The number of terminal acetylenes is 1. The van der Waals surface area contributed by atoms with Gasteiger partial charge in [0, 0.05) is 12.1 Å². The van der Waals surface area contributed by atoms with Gasteiger partial charge in [0.25, 0.3) is 0 Å². The summed E-state index contributed by atoms with van der Waals surface area (Å²) in [5.74, 6) is 3.44. The van der Waals surface area contributed by atoms with Crippen molar-refractivity contribution in [2.75, 3.05) is 26.3 Å². The average Bonchev–Trinajstić information content (AvgIpc) is 3.13. The number of hydrogen-bond acceptors (Lipinski definition) is 4. The fourth-order valence-electron chi connectivity index (χ4n) is 2.59. The molecule has 1 aromatic heterocycles. The first-order valence-electron chi connectivity index (χ1n) is 7.84. The molecule has 1 fully saturated rings. The molecule has 0 bridgehead atoms. The van der Waals surface area contributed by atoms with E-state index in [1.165, 1.54) is 0 Å². The fourth-order valence-corrected chi connectivity index (χ4v) is 3.26. The first kappa shape index (κ1) is 16.6. The first-order valence-corrected chi connectivity index (χ1v) is 8.79. The van der Waals surface area contributed by atoms with Crippen LogP contribution >= 0.6 is 11.3 Å². The Morgan fingerprint density at radius 3 is 3.17 bits per heavy atom. The highest BCUT2D eigenvalue weighted by atomic mass is 32.1. The Kier molecular flexibility index (Phi) is 5.52. The number of rotatable bonds is 5. The van der Waals surface area contributed by atoms with Crippen LogP contribution in [0.15, 0.2) is 41.1 Å². The number of ether oxygens (including phenoxy) is 2. The molecule has 5 heteroatoms. The molecule has 1 atom stereocenters. The predicted octanol–water partition coefficient (Wildman–Crippen LogP) is 2.58. The summed E-state index contributed by atoms with van der Waals surface area (Å²) in [5, 5.41) is 4.00. The van der Waals surface area contributed by atoms with Gasteiger partial charge >= 0.3 is 0 Å². The van der Waals surface area contributed by atoms with Crippen LogP contribution in [0.3, 0.4) is 0 Å². The van der Waals surface area contributed by atoms with Gasteiger partial charge in [0.05, 0.1) is 19.6 Å². The summed E-state index contributed by atoms with van der Waals surface area (Å²) < 4.78 is 11.5. The van der Waals surface area contributed by atoms with Crippen molar-refractivity contribution in [1.82, 2.24) is 4.90 Å². The molecule has 1 aromatic carbocycles. The first-order chi connectivity index (χ1) is 11.7. The molecule has 1 aliphatic rings. The van der Waals surface area contributed by atoms with Crippen LogP contribution < -0.4 is 4.74 Å². The van der Waals surface area contributed by atoms with Gasteiger partial charge in [-0.25, -0.2) is 0 Å².